The number of rotatable bonds is 6. The maximum absolute atomic E-state index is 13.7. The van der Waals surface area contributed by atoms with E-state index in [1.54, 1.807) is 0 Å². The van der Waals surface area contributed by atoms with Crippen molar-refractivity contribution in [2.75, 3.05) is 6.54 Å². The lowest BCUT2D eigenvalue weighted by Gasteiger charge is -2.27. The molecule has 1 atom stereocenters. The number of Topliss-reactive ketones (excluding diaryl/α,β-unsaturated/α-hetero) is 1. The van der Waals surface area contributed by atoms with Gasteiger partial charge >= 0.3 is 6.03 Å². The van der Waals surface area contributed by atoms with Crippen LogP contribution in [0.25, 0.3) is 0 Å². The molecule has 1 saturated heterocycles. The monoisotopic (exact) mass is 438 g/mol. The Morgan fingerprint density at radius 1 is 0.848 bits per heavy atom. The summed E-state index contributed by atoms with van der Waals surface area (Å²) in [4.78, 5) is 40.9. The summed E-state index contributed by atoms with van der Waals surface area (Å²) in [6, 6.07) is 24.1. The van der Waals surface area contributed by atoms with Gasteiger partial charge in [-0.2, -0.15) is 0 Å². The number of carbonyl (C=O) groups is 3. The van der Waals surface area contributed by atoms with E-state index in [4.69, 9.17) is 0 Å². The number of nitrogens with one attached hydrogen (secondary N) is 1. The molecule has 166 valence electrons. The molecule has 5 heteroatoms. The number of benzene rings is 3. The second-order valence-corrected chi connectivity index (χ2v) is 8.87. The van der Waals surface area contributed by atoms with Crippen molar-refractivity contribution < 1.29 is 14.4 Å². The minimum absolute atomic E-state index is 0.226. The van der Waals surface area contributed by atoms with Crippen molar-refractivity contribution in [2.24, 2.45) is 0 Å². The molecule has 0 saturated carbocycles. The Morgan fingerprint density at radius 2 is 1.52 bits per heavy atom. The zero-order chi connectivity index (χ0) is 22.8. The average Bonchev–Trinajstić information content (AvgIpc) is 3.09. The number of imide groups is 1. The standard InChI is InChI=1S/C28H26N2O3/c31-25(23-16-15-21-11-7-8-12-22(21)17-23)19-30-26(32)28(29-27(30)33,24-13-5-2-6-14-24)18-20-9-3-1-4-10-20/h1-6,9-10,13-17H,7-8,11-12,18-19H2,(H,29,33)/t28-/m0/s1. The van der Waals surface area contributed by atoms with Crippen LogP contribution < -0.4 is 5.32 Å². The molecule has 0 bridgehead atoms. The number of fused-ring (bicyclic) bond motifs is 1. The number of hydrogen-bond donors (Lipinski definition) is 1. The first kappa shape index (κ1) is 21.1. The van der Waals surface area contributed by atoms with E-state index in [1.165, 1.54) is 17.5 Å². The maximum Gasteiger partial charge on any atom is 0.325 e. The molecule has 0 spiro atoms. The summed E-state index contributed by atoms with van der Waals surface area (Å²) in [5.41, 5.74) is 3.44. The molecule has 3 aromatic rings. The van der Waals surface area contributed by atoms with Crippen molar-refractivity contribution in [1.29, 1.82) is 0 Å². The van der Waals surface area contributed by atoms with E-state index in [1.807, 2.05) is 78.9 Å². The molecule has 1 N–H and O–H groups in total. The van der Waals surface area contributed by atoms with Crippen LogP contribution in [0, 0.1) is 0 Å². The second-order valence-electron chi connectivity index (χ2n) is 8.87. The van der Waals surface area contributed by atoms with Gasteiger partial charge in [0, 0.05) is 12.0 Å². The summed E-state index contributed by atoms with van der Waals surface area (Å²) < 4.78 is 0. The highest BCUT2D eigenvalue weighted by molar-refractivity contribution is 6.11. The van der Waals surface area contributed by atoms with Gasteiger partial charge in [0.1, 0.15) is 0 Å². The average molecular weight is 439 g/mol. The third kappa shape index (κ3) is 3.95. The van der Waals surface area contributed by atoms with Crippen LogP contribution in [0.5, 0.6) is 0 Å². The van der Waals surface area contributed by atoms with E-state index in [0.717, 1.165) is 29.7 Å². The molecule has 2 aliphatic rings. The Balaban J connectivity index is 1.44. The summed E-state index contributed by atoms with van der Waals surface area (Å²) in [7, 11) is 0. The molecule has 1 fully saturated rings. The van der Waals surface area contributed by atoms with E-state index in [9.17, 15) is 14.4 Å². The topological polar surface area (TPSA) is 66.5 Å². The maximum atomic E-state index is 13.7. The van der Waals surface area contributed by atoms with Crippen LogP contribution in [-0.4, -0.2) is 29.2 Å². The Bertz CT molecular complexity index is 1210. The van der Waals surface area contributed by atoms with Crippen LogP contribution >= 0.6 is 0 Å². The predicted octanol–water partition coefficient (Wildman–Crippen LogP) is 4.44. The largest absolute Gasteiger partial charge is 0.325 e. The van der Waals surface area contributed by atoms with E-state index in [0.29, 0.717) is 17.5 Å². The summed E-state index contributed by atoms with van der Waals surface area (Å²) in [6.45, 7) is -0.271. The van der Waals surface area contributed by atoms with E-state index in [2.05, 4.69) is 5.32 Å². The van der Waals surface area contributed by atoms with Crippen molar-refractivity contribution in [3.63, 3.8) is 0 Å². The van der Waals surface area contributed by atoms with Gasteiger partial charge in [0.15, 0.2) is 11.3 Å². The molecule has 0 radical (unpaired) electrons. The first-order chi connectivity index (χ1) is 16.1. The Hall–Kier alpha value is -3.73. The van der Waals surface area contributed by atoms with Gasteiger partial charge in [-0.05, 0) is 54.0 Å². The number of carbonyl (C=O) groups excluding carboxylic acids is 3. The van der Waals surface area contributed by atoms with Gasteiger partial charge in [-0.15, -0.1) is 0 Å². The van der Waals surface area contributed by atoms with Crippen molar-refractivity contribution in [1.82, 2.24) is 10.2 Å². The highest BCUT2D eigenvalue weighted by Gasteiger charge is 2.52. The van der Waals surface area contributed by atoms with Crippen LogP contribution in [-0.2, 0) is 29.6 Å². The van der Waals surface area contributed by atoms with Crippen molar-refractivity contribution in [2.45, 2.75) is 37.6 Å². The van der Waals surface area contributed by atoms with Crippen LogP contribution in [0.15, 0.2) is 78.9 Å². The SMILES string of the molecule is O=C(CN1C(=O)N[C@@](Cc2ccccc2)(c2ccccc2)C1=O)c1ccc2c(c1)CCCC2. The van der Waals surface area contributed by atoms with Crippen LogP contribution in [0.2, 0.25) is 0 Å². The van der Waals surface area contributed by atoms with Crippen LogP contribution in [0.3, 0.4) is 0 Å². The molecule has 3 aromatic carbocycles. The van der Waals surface area contributed by atoms with Gasteiger partial charge in [0.05, 0.1) is 6.54 Å². The first-order valence-corrected chi connectivity index (χ1v) is 11.5. The number of hydrogen-bond acceptors (Lipinski definition) is 3. The summed E-state index contributed by atoms with van der Waals surface area (Å²) in [5, 5.41) is 2.92. The van der Waals surface area contributed by atoms with Gasteiger partial charge in [-0.1, -0.05) is 72.8 Å². The molecule has 5 nitrogen and oxygen atoms in total. The number of ketones is 1. The lowest BCUT2D eigenvalue weighted by Crippen LogP contribution is -2.46. The molecule has 1 aliphatic heterocycles. The molecule has 33 heavy (non-hydrogen) atoms. The highest BCUT2D eigenvalue weighted by Crippen LogP contribution is 2.33. The molecular formula is C28H26N2O3. The van der Waals surface area contributed by atoms with Gasteiger partial charge in [-0.3, -0.25) is 14.5 Å². The highest BCUT2D eigenvalue weighted by atomic mass is 16.2. The first-order valence-electron chi connectivity index (χ1n) is 11.5. The third-order valence-corrected chi connectivity index (χ3v) is 6.73. The normalized spacial score (nSPS) is 19.8. The second kappa shape index (κ2) is 8.66. The summed E-state index contributed by atoms with van der Waals surface area (Å²) >= 11 is 0. The summed E-state index contributed by atoms with van der Waals surface area (Å²) in [5.74, 6) is -0.621. The fourth-order valence-electron chi connectivity index (χ4n) is 4.95. The summed E-state index contributed by atoms with van der Waals surface area (Å²) in [6.07, 6.45) is 4.61. The van der Waals surface area contributed by atoms with Crippen LogP contribution in [0.1, 0.15) is 45.5 Å². The van der Waals surface area contributed by atoms with Crippen LogP contribution in [0.4, 0.5) is 4.79 Å². The third-order valence-electron chi connectivity index (χ3n) is 6.73. The number of aryl methyl sites for hydroxylation is 2. The van der Waals surface area contributed by atoms with E-state index in [-0.39, 0.29) is 12.3 Å². The molecule has 1 aliphatic carbocycles. The van der Waals surface area contributed by atoms with E-state index >= 15 is 0 Å². The fraction of sp³-hybridized carbons (Fsp3) is 0.250. The smallest absolute Gasteiger partial charge is 0.319 e. The molecule has 3 amide bonds. The van der Waals surface area contributed by atoms with Gasteiger partial charge < -0.3 is 5.32 Å². The predicted molar refractivity (Wildman–Crippen MR) is 126 cm³/mol. The Morgan fingerprint density at radius 3 is 2.24 bits per heavy atom. The quantitative estimate of drug-likeness (QED) is 0.457. The minimum Gasteiger partial charge on any atom is -0.319 e. The molecule has 1 heterocycles. The molecular weight excluding hydrogens is 412 g/mol. The molecule has 0 aromatic heterocycles. The number of amides is 3. The lowest BCUT2D eigenvalue weighted by atomic mass is 9.83. The molecule has 5 rings (SSSR count). The minimum atomic E-state index is -1.24. The fourth-order valence-corrected chi connectivity index (χ4v) is 4.95. The van der Waals surface area contributed by atoms with E-state index < -0.39 is 17.5 Å². The number of nitrogens with zero attached hydrogens (tertiary/aromatic N) is 1. The Labute approximate surface area is 193 Å². The number of urea groups is 1. The zero-order valence-corrected chi connectivity index (χ0v) is 18.4. The van der Waals surface area contributed by atoms with Crippen molar-refractivity contribution >= 4 is 17.7 Å². The van der Waals surface area contributed by atoms with Gasteiger partial charge in [0.25, 0.3) is 5.91 Å². The van der Waals surface area contributed by atoms with Gasteiger partial charge in [0.2, 0.25) is 0 Å². The van der Waals surface area contributed by atoms with Crippen molar-refractivity contribution in [3.8, 4) is 0 Å². The van der Waals surface area contributed by atoms with Crippen molar-refractivity contribution in [3.05, 3.63) is 107 Å². The zero-order valence-electron chi connectivity index (χ0n) is 18.4. The molecule has 0 unspecified atom stereocenters. The Kier molecular flexibility index (Phi) is 5.55. The van der Waals surface area contributed by atoms with Gasteiger partial charge in [-0.25, -0.2) is 4.79 Å². The lowest BCUT2D eigenvalue weighted by molar-refractivity contribution is -0.131.